The fourth-order valence-corrected chi connectivity index (χ4v) is 2.89. The van der Waals surface area contributed by atoms with Crippen LogP contribution in [0.5, 0.6) is 0 Å². The van der Waals surface area contributed by atoms with Gasteiger partial charge in [0, 0.05) is 12.3 Å². The molecule has 4 aromatic rings. The number of aromatic amines is 1. The van der Waals surface area contributed by atoms with E-state index in [1.165, 1.54) is 0 Å². The molecule has 9 heteroatoms. The van der Waals surface area contributed by atoms with E-state index in [0.717, 1.165) is 22.5 Å². The van der Waals surface area contributed by atoms with Gasteiger partial charge in [-0.3, -0.25) is 24.7 Å². The minimum atomic E-state index is -0.672. The smallest absolute Gasteiger partial charge is 0.304 e. The normalized spacial score (nSPS) is 10.8. The Morgan fingerprint density at radius 3 is 2.85 bits per heavy atom. The summed E-state index contributed by atoms with van der Waals surface area (Å²) >= 11 is 0. The van der Waals surface area contributed by atoms with Crippen molar-refractivity contribution in [2.24, 2.45) is 0 Å². The van der Waals surface area contributed by atoms with Gasteiger partial charge in [0.15, 0.2) is 5.82 Å². The molecule has 0 aliphatic rings. The molecule has 0 bridgehead atoms. The van der Waals surface area contributed by atoms with Crippen molar-refractivity contribution in [2.45, 2.75) is 6.54 Å². The minimum Gasteiger partial charge on any atom is -0.304 e. The third-order valence-electron chi connectivity index (χ3n) is 4.14. The number of nitrogens with one attached hydrogen (secondary N) is 2. The van der Waals surface area contributed by atoms with Gasteiger partial charge in [-0.15, -0.1) is 0 Å². The van der Waals surface area contributed by atoms with Gasteiger partial charge >= 0.3 is 5.69 Å². The molecule has 9 nitrogen and oxygen atoms in total. The van der Waals surface area contributed by atoms with Crippen LogP contribution in [0.4, 0.5) is 11.5 Å². The Hall–Kier alpha value is -4.01. The summed E-state index contributed by atoms with van der Waals surface area (Å²) in [6.45, 7) is 0.529. The molecule has 4 rings (SSSR count). The molecule has 0 aliphatic heterocycles. The summed E-state index contributed by atoms with van der Waals surface area (Å²) in [5, 5.41) is 25.9. The zero-order valence-corrected chi connectivity index (χ0v) is 14.0. The monoisotopic (exact) mass is 362 g/mol. The van der Waals surface area contributed by atoms with E-state index in [9.17, 15) is 14.9 Å². The third-order valence-corrected chi connectivity index (χ3v) is 4.14. The highest BCUT2D eigenvalue weighted by molar-refractivity contribution is 6.04. The van der Waals surface area contributed by atoms with Gasteiger partial charge in [-0.05, 0) is 16.3 Å². The van der Waals surface area contributed by atoms with Gasteiger partial charge < -0.3 is 5.32 Å². The Balaban J connectivity index is 1.53. The van der Waals surface area contributed by atoms with Crippen LogP contribution in [0.1, 0.15) is 16.1 Å². The van der Waals surface area contributed by atoms with Gasteiger partial charge in [-0.2, -0.15) is 10.2 Å². The van der Waals surface area contributed by atoms with Gasteiger partial charge in [0.05, 0.1) is 11.5 Å². The van der Waals surface area contributed by atoms with Crippen molar-refractivity contribution >= 4 is 28.2 Å². The second-order valence-corrected chi connectivity index (χ2v) is 5.88. The molecule has 27 heavy (non-hydrogen) atoms. The molecule has 2 N–H and O–H groups in total. The maximum absolute atomic E-state index is 12.2. The Kier molecular flexibility index (Phi) is 4.09. The SMILES string of the molecule is O=C(Nc1ccn(Cc2cccc3ccccc23)n1)c1[nH]ncc1[N+](=O)[O-]. The molecule has 1 amide bonds. The number of hydrogen-bond donors (Lipinski definition) is 2. The van der Waals surface area contributed by atoms with Crippen LogP contribution < -0.4 is 5.32 Å². The molecule has 0 saturated carbocycles. The van der Waals surface area contributed by atoms with Crippen molar-refractivity contribution in [3.8, 4) is 0 Å². The number of rotatable bonds is 5. The molecule has 0 radical (unpaired) electrons. The average molecular weight is 362 g/mol. The number of nitro groups is 1. The highest BCUT2D eigenvalue weighted by Gasteiger charge is 2.23. The maximum atomic E-state index is 12.2. The Bertz CT molecular complexity index is 1140. The number of nitrogens with zero attached hydrogens (tertiary/aromatic N) is 4. The van der Waals surface area contributed by atoms with E-state index in [0.29, 0.717) is 12.4 Å². The second-order valence-electron chi connectivity index (χ2n) is 5.88. The van der Waals surface area contributed by atoms with E-state index in [2.05, 4.69) is 20.6 Å². The fraction of sp³-hybridized carbons (Fsp3) is 0.0556. The lowest BCUT2D eigenvalue weighted by molar-refractivity contribution is -0.385. The standard InChI is InChI=1S/C18H14N6O3/c25-18(17-15(24(26)27)10-19-21-17)20-16-8-9-23(22-16)11-13-6-3-5-12-4-1-2-7-14(12)13/h1-10H,11H2,(H,19,21)(H,20,22,25). The molecule has 0 spiro atoms. The largest absolute Gasteiger partial charge is 0.319 e. The van der Waals surface area contributed by atoms with Gasteiger partial charge in [0.2, 0.25) is 5.69 Å². The number of aromatic nitrogens is 4. The van der Waals surface area contributed by atoms with E-state index < -0.39 is 10.8 Å². The van der Waals surface area contributed by atoms with Crippen LogP contribution in [-0.4, -0.2) is 30.8 Å². The van der Waals surface area contributed by atoms with E-state index in [-0.39, 0.29) is 11.4 Å². The van der Waals surface area contributed by atoms with Crippen molar-refractivity contribution in [2.75, 3.05) is 5.32 Å². The van der Waals surface area contributed by atoms with E-state index in [1.807, 2.05) is 42.5 Å². The Morgan fingerprint density at radius 1 is 1.19 bits per heavy atom. The number of H-pyrrole nitrogens is 1. The van der Waals surface area contributed by atoms with Crippen LogP contribution >= 0.6 is 0 Å². The molecule has 0 aliphatic carbocycles. The van der Waals surface area contributed by atoms with Crippen molar-refractivity contribution in [3.63, 3.8) is 0 Å². The molecule has 0 fully saturated rings. The number of benzene rings is 2. The summed E-state index contributed by atoms with van der Waals surface area (Å²) in [5.41, 5.74) is 0.490. The first kappa shape index (κ1) is 16.5. The van der Waals surface area contributed by atoms with Crippen LogP contribution in [0, 0.1) is 10.1 Å². The number of anilines is 1. The third kappa shape index (κ3) is 3.25. The topological polar surface area (TPSA) is 119 Å². The number of amides is 1. The van der Waals surface area contributed by atoms with Crippen molar-refractivity contribution in [1.82, 2.24) is 20.0 Å². The lowest BCUT2D eigenvalue weighted by Gasteiger charge is -2.06. The second kappa shape index (κ2) is 6.71. The summed E-state index contributed by atoms with van der Waals surface area (Å²) in [4.78, 5) is 22.4. The first-order chi connectivity index (χ1) is 13.1. The quantitative estimate of drug-likeness (QED) is 0.418. The van der Waals surface area contributed by atoms with Crippen LogP contribution in [-0.2, 0) is 6.54 Å². The predicted octanol–water partition coefficient (Wildman–Crippen LogP) is 2.97. The molecule has 2 aromatic heterocycles. The van der Waals surface area contributed by atoms with E-state index in [4.69, 9.17) is 0 Å². The Morgan fingerprint density at radius 2 is 2.00 bits per heavy atom. The number of hydrogen-bond acceptors (Lipinski definition) is 5. The molecular formula is C18H14N6O3. The van der Waals surface area contributed by atoms with Gasteiger partial charge in [0.25, 0.3) is 5.91 Å². The molecule has 0 atom stereocenters. The molecular weight excluding hydrogens is 348 g/mol. The van der Waals surface area contributed by atoms with Crippen molar-refractivity contribution in [1.29, 1.82) is 0 Å². The molecule has 2 heterocycles. The zero-order chi connectivity index (χ0) is 18.8. The number of carbonyl (C=O) groups is 1. The Labute approximate surface area is 152 Å². The van der Waals surface area contributed by atoms with Crippen molar-refractivity contribution < 1.29 is 9.72 Å². The maximum Gasteiger partial charge on any atom is 0.319 e. The van der Waals surface area contributed by atoms with Gasteiger partial charge in [-0.1, -0.05) is 42.5 Å². The zero-order valence-electron chi connectivity index (χ0n) is 14.0. The summed E-state index contributed by atoms with van der Waals surface area (Å²) in [6.07, 6.45) is 2.73. The molecule has 0 unspecified atom stereocenters. The minimum absolute atomic E-state index is 0.219. The lowest BCUT2D eigenvalue weighted by atomic mass is 10.0. The molecule has 134 valence electrons. The lowest BCUT2D eigenvalue weighted by Crippen LogP contribution is -2.15. The van der Waals surface area contributed by atoms with E-state index in [1.54, 1.807) is 16.9 Å². The van der Waals surface area contributed by atoms with Gasteiger partial charge in [-0.25, -0.2) is 0 Å². The number of carbonyl (C=O) groups excluding carboxylic acids is 1. The van der Waals surface area contributed by atoms with Crippen LogP contribution in [0.25, 0.3) is 10.8 Å². The van der Waals surface area contributed by atoms with Crippen LogP contribution in [0.15, 0.2) is 60.9 Å². The first-order valence-electron chi connectivity index (χ1n) is 8.11. The van der Waals surface area contributed by atoms with Gasteiger partial charge in [0.1, 0.15) is 6.20 Å². The van der Waals surface area contributed by atoms with Crippen LogP contribution in [0.3, 0.4) is 0 Å². The number of fused-ring (bicyclic) bond motifs is 1. The summed E-state index contributed by atoms with van der Waals surface area (Å²) < 4.78 is 1.69. The predicted molar refractivity (Wildman–Crippen MR) is 98.5 cm³/mol. The average Bonchev–Trinajstić information content (AvgIpc) is 3.32. The van der Waals surface area contributed by atoms with Crippen LogP contribution in [0.2, 0.25) is 0 Å². The summed E-state index contributed by atoms with van der Waals surface area (Å²) in [6, 6.07) is 15.8. The van der Waals surface area contributed by atoms with Crippen molar-refractivity contribution in [3.05, 3.63) is 82.3 Å². The highest BCUT2D eigenvalue weighted by Crippen LogP contribution is 2.20. The summed E-state index contributed by atoms with van der Waals surface area (Å²) in [7, 11) is 0. The molecule has 0 saturated heterocycles. The highest BCUT2D eigenvalue weighted by atomic mass is 16.6. The first-order valence-corrected chi connectivity index (χ1v) is 8.11. The summed E-state index contributed by atoms with van der Waals surface area (Å²) in [5.74, 6) is -0.376. The van der Waals surface area contributed by atoms with E-state index >= 15 is 0 Å². The molecule has 2 aromatic carbocycles. The fourth-order valence-electron chi connectivity index (χ4n) is 2.89.